The summed E-state index contributed by atoms with van der Waals surface area (Å²) in [6.45, 7) is 0. The van der Waals surface area contributed by atoms with Gasteiger partial charge in [0.2, 0.25) is 0 Å². The van der Waals surface area contributed by atoms with Crippen LogP contribution in [0.5, 0.6) is 0 Å². The van der Waals surface area contributed by atoms with Crippen LogP contribution in [-0.2, 0) is 7.05 Å². The van der Waals surface area contributed by atoms with Crippen molar-refractivity contribution in [3.05, 3.63) is 39.3 Å². The fourth-order valence-corrected chi connectivity index (χ4v) is 3.58. The smallest absolute Gasteiger partial charge is 0.181 e. The Kier molecular flexibility index (Phi) is 2.87. The Morgan fingerprint density at radius 3 is 2.62 bits per heavy atom. The number of fused-ring (bicyclic) bond motifs is 3. The molecule has 0 radical (unpaired) electrons. The predicted octanol–water partition coefficient (Wildman–Crippen LogP) is 4.04. The first kappa shape index (κ1) is 13.0. The number of tetrazole rings is 1. The van der Waals surface area contributed by atoms with Crippen LogP contribution in [0.15, 0.2) is 39.3 Å². The highest BCUT2D eigenvalue weighted by molar-refractivity contribution is 9.10. The zero-order valence-corrected chi connectivity index (χ0v) is 14.1. The number of halogens is 2. The lowest BCUT2D eigenvalue weighted by atomic mass is 10.1. The van der Waals surface area contributed by atoms with Crippen LogP contribution in [0.3, 0.4) is 0 Å². The van der Waals surface area contributed by atoms with E-state index in [4.69, 9.17) is 0 Å². The average molecular weight is 407 g/mol. The number of nitrogens with zero attached hydrogens (tertiary/aromatic N) is 4. The van der Waals surface area contributed by atoms with Crippen LogP contribution >= 0.6 is 31.9 Å². The highest BCUT2D eigenvalue weighted by Crippen LogP contribution is 2.37. The number of aromatic amines is 1. The Bertz CT molecular complexity index is 972. The van der Waals surface area contributed by atoms with Gasteiger partial charge in [-0.2, -0.15) is 0 Å². The van der Waals surface area contributed by atoms with Crippen LogP contribution < -0.4 is 0 Å². The van der Waals surface area contributed by atoms with Crippen molar-refractivity contribution in [1.82, 2.24) is 25.2 Å². The van der Waals surface area contributed by atoms with Gasteiger partial charge in [0.15, 0.2) is 5.82 Å². The van der Waals surface area contributed by atoms with Gasteiger partial charge < -0.3 is 4.57 Å². The zero-order chi connectivity index (χ0) is 14.6. The molecule has 0 bridgehead atoms. The molecule has 0 saturated heterocycles. The Hall–Kier alpha value is -1.73. The molecule has 4 aromatic rings. The van der Waals surface area contributed by atoms with Crippen molar-refractivity contribution in [2.45, 2.75) is 0 Å². The monoisotopic (exact) mass is 405 g/mol. The van der Waals surface area contributed by atoms with Crippen molar-refractivity contribution in [2.24, 2.45) is 7.05 Å². The molecular weight excluding hydrogens is 398 g/mol. The van der Waals surface area contributed by atoms with Crippen LogP contribution in [-0.4, -0.2) is 25.2 Å². The van der Waals surface area contributed by atoms with Crippen molar-refractivity contribution in [3.63, 3.8) is 0 Å². The first-order chi connectivity index (χ1) is 10.1. The van der Waals surface area contributed by atoms with Gasteiger partial charge in [-0.3, -0.25) is 0 Å². The molecule has 2 aromatic carbocycles. The number of hydrogen-bond donors (Lipinski definition) is 1. The standard InChI is InChI=1S/C14H9Br2N5/c1-21-12-3-2-7(15)4-9(12)10-5-8(16)6-11(13(10)21)14-17-19-20-18-14/h2-6H,1H3,(H,17,18,19,20). The van der Waals surface area contributed by atoms with Gasteiger partial charge in [-0.15, -0.1) is 5.10 Å². The third-order valence-electron chi connectivity index (χ3n) is 3.62. The van der Waals surface area contributed by atoms with Crippen LogP contribution in [0.1, 0.15) is 0 Å². The van der Waals surface area contributed by atoms with E-state index in [9.17, 15) is 0 Å². The number of rotatable bonds is 1. The molecule has 0 spiro atoms. The zero-order valence-electron chi connectivity index (χ0n) is 10.9. The van der Waals surface area contributed by atoms with E-state index >= 15 is 0 Å². The highest BCUT2D eigenvalue weighted by Gasteiger charge is 2.16. The number of H-pyrrole nitrogens is 1. The summed E-state index contributed by atoms with van der Waals surface area (Å²) < 4.78 is 4.22. The molecule has 0 saturated carbocycles. The van der Waals surface area contributed by atoms with Crippen LogP contribution in [0.4, 0.5) is 0 Å². The Balaban J connectivity index is 2.24. The molecule has 1 N–H and O–H groups in total. The molecule has 0 aliphatic heterocycles. The van der Waals surface area contributed by atoms with E-state index in [0.29, 0.717) is 5.82 Å². The van der Waals surface area contributed by atoms with Gasteiger partial charge in [0, 0.05) is 37.8 Å². The summed E-state index contributed by atoms with van der Waals surface area (Å²) in [6.07, 6.45) is 0. The number of aryl methyl sites for hydroxylation is 1. The number of hydrogen-bond acceptors (Lipinski definition) is 3. The molecule has 2 heterocycles. The van der Waals surface area contributed by atoms with Gasteiger partial charge in [-0.25, -0.2) is 5.10 Å². The summed E-state index contributed by atoms with van der Waals surface area (Å²) in [6, 6.07) is 10.4. The van der Waals surface area contributed by atoms with E-state index in [1.165, 1.54) is 10.9 Å². The van der Waals surface area contributed by atoms with E-state index in [0.717, 1.165) is 25.4 Å². The van der Waals surface area contributed by atoms with E-state index in [2.05, 4.69) is 82.3 Å². The van der Waals surface area contributed by atoms with E-state index in [-0.39, 0.29) is 0 Å². The summed E-state index contributed by atoms with van der Waals surface area (Å²) in [5, 5.41) is 16.6. The van der Waals surface area contributed by atoms with Crippen LogP contribution in [0, 0.1) is 0 Å². The van der Waals surface area contributed by atoms with Gasteiger partial charge in [0.05, 0.1) is 5.52 Å². The van der Waals surface area contributed by atoms with Crippen molar-refractivity contribution < 1.29 is 0 Å². The lowest BCUT2D eigenvalue weighted by Gasteiger charge is -2.04. The molecule has 4 rings (SSSR count). The Morgan fingerprint density at radius 1 is 1.05 bits per heavy atom. The van der Waals surface area contributed by atoms with Gasteiger partial charge in [0.1, 0.15) is 0 Å². The summed E-state index contributed by atoms with van der Waals surface area (Å²) >= 11 is 7.12. The van der Waals surface area contributed by atoms with Crippen LogP contribution in [0.25, 0.3) is 33.2 Å². The summed E-state index contributed by atoms with van der Waals surface area (Å²) in [4.78, 5) is 0. The predicted molar refractivity (Wildman–Crippen MR) is 89.0 cm³/mol. The molecule has 0 fully saturated rings. The summed E-state index contributed by atoms with van der Waals surface area (Å²) in [5.74, 6) is 0.659. The second-order valence-electron chi connectivity index (χ2n) is 4.82. The number of aromatic nitrogens is 5. The first-order valence-corrected chi connectivity index (χ1v) is 7.85. The maximum absolute atomic E-state index is 4.05. The van der Waals surface area contributed by atoms with Gasteiger partial charge in [0.25, 0.3) is 0 Å². The second kappa shape index (κ2) is 4.64. The fourth-order valence-electron chi connectivity index (χ4n) is 2.76. The molecule has 0 amide bonds. The Morgan fingerprint density at radius 2 is 1.86 bits per heavy atom. The molecule has 0 aliphatic carbocycles. The minimum absolute atomic E-state index is 0.659. The SMILES string of the molecule is Cn1c2ccc(Br)cc2c2cc(Br)cc(-c3nnn[nH]3)c21. The molecular formula is C14H9Br2N5. The lowest BCUT2D eigenvalue weighted by molar-refractivity contribution is 0.881. The largest absolute Gasteiger partial charge is 0.343 e. The topological polar surface area (TPSA) is 59.4 Å². The lowest BCUT2D eigenvalue weighted by Crippen LogP contribution is -1.91. The van der Waals surface area contributed by atoms with Crippen molar-refractivity contribution in [1.29, 1.82) is 0 Å². The minimum Gasteiger partial charge on any atom is -0.343 e. The normalized spacial score (nSPS) is 11.6. The van der Waals surface area contributed by atoms with E-state index in [1.807, 2.05) is 12.1 Å². The van der Waals surface area contributed by atoms with Crippen molar-refractivity contribution in [3.8, 4) is 11.4 Å². The minimum atomic E-state index is 0.659. The van der Waals surface area contributed by atoms with E-state index < -0.39 is 0 Å². The molecule has 0 unspecified atom stereocenters. The van der Waals surface area contributed by atoms with Gasteiger partial charge in [-0.1, -0.05) is 31.9 Å². The second-order valence-corrected chi connectivity index (χ2v) is 6.65. The molecule has 5 nitrogen and oxygen atoms in total. The fraction of sp³-hybridized carbons (Fsp3) is 0.0714. The van der Waals surface area contributed by atoms with E-state index in [1.54, 1.807) is 0 Å². The maximum Gasteiger partial charge on any atom is 0.181 e. The molecule has 0 atom stereocenters. The average Bonchev–Trinajstić information content (AvgIpc) is 3.07. The maximum atomic E-state index is 4.05. The summed E-state index contributed by atoms with van der Waals surface area (Å²) in [7, 11) is 2.06. The molecule has 2 aromatic heterocycles. The molecule has 7 heteroatoms. The first-order valence-electron chi connectivity index (χ1n) is 6.26. The quantitative estimate of drug-likeness (QED) is 0.519. The summed E-state index contributed by atoms with van der Waals surface area (Å²) in [5.41, 5.74) is 3.24. The number of nitrogens with one attached hydrogen (secondary N) is 1. The third kappa shape index (κ3) is 1.91. The van der Waals surface area contributed by atoms with Crippen molar-refractivity contribution in [2.75, 3.05) is 0 Å². The van der Waals surface area contributed by atoms with Gasteiger partial charge in [-0.05, 0) is 40.8 Å². The van der Waals surface area contributed by atoms with Crippen molar-refractivity contribution >= 4 is 53.7 Å². The van der Waals surface area contributed by atoms with Gasteiger partial charge >= 0.3 is 0 Å². The van der Waals surface area contributed by atoms with Crippen LogP contribution in [0.2, 0.25) is 0 Å². The molecule has 0 aliphatic rings. The number of benzene rings is 2. The molecule has 21 heavy (non-hydrogen) atoms. The highest BCUT2D eigenvalue weighted by atomic mass is 79.9. The molecule has 104 valence electrons. The Labute approximate surface area is 136 Å². The third-order valence-corrected chi connectivity index (χ3v) is 4.57.